The van der Waals surface area contributed by atoms with Crippen molar-refractivity contribution >= 4 is 22.9 Å². The van der Waals surface area contributed by atoms with Crippen molar-refractivity contribution in [2.75, 3.05) is 6.61 Å². The van der Waals surface area contributed by atoms with Crippen LogP contribution in [0.25, 0.3) is 22.1 Å². The van der Waals surface area contributed by atoms with E-state index in [9.17, 15) is 39.9 Å². The highest BCUT2D eigenvalue weighted by Crippen LogP contribution is 2.33. The van der Waals surface area contributed by atoms with E-state index >= 15 is 0 Å². The summed E-state index contributed by atoms with van der Waals surface area (Å²) in [5.74, 6) is -3.19. The van der Waals surface area contributed by atoms with E-state index in [2.05, 4.69) is 0 Å². The number of carbonyl (C=O) groups excluding carboxylic acids is 1. The number of fused-ring (bicyclic) bond motifs is 1. The van der Waals surface area contributed by atoms with Gasteiger partial charge in [-0.25, -0.2) is 0 Å². The van der Waals surface area contributed by atoms with Crippen LogP contribution < -0.4 is 10.2 Å². The maximum absolute atomic E-state index is 13.0. The Bertz CT molecular complexity index is 1360. The maximum atomic E-state index is 13.0. The van der Waals surface area contributed by atoms with Gasteiger partial charge in [0.2, 0.25) is 11.7 Å². The van der Waals surface area contributed by atoms with E-state index in [-0.39, 0.29) is 28.0 Å². The Morgan fingerprint density at radius 2 is 1.68 bits per heavy atom. The van der Waals surface area contributed by atoms with Gasteiger partial charge in [0.25, 0.3) is 0 Å². The van der Waals surface area contributed by atoms with Gasteiger partial charge in [0, 0.05) is 12.1 Å². The Morgan fingerprint density at radius 3 is 2.35 bits per heavy atom. The van der Waals surface area contributed by atoms with Crippen LogP contribution in [0.15, 0.2) is 51.9 Å². The summed E-state index contributed by atoms with van der Waals surface area (Å²) in [5, 5.41) is 59.0. The van der Waals surface area contributed by atoms with Crippen LogP contribution in [0.1, 0.15) is 6.42 Å². The zero-order valence-electron chi connectivity index (χ0n) is 18.9. The van der Waals surface area contributed by atoms with Crippen LogP contribution in [-0.2, 0) is 19.1 Å². The Labute approximate surface area is 207 Å². The molecule has 1 fully saturated rings. The largest absolute Gasteiger partial charge is 0.508 e. The number of hydrogen-bond acceptors (Lipinski definition) is 12. The van der Waals surface area contributed by atoms with Crippen molar-refractivity contribution in [2.45, 2.75) is 37.1 Å². The first-order chi connectivity index (χ1) is 17.5. The standard InChI is InChI=1S/C24H22O13/c25-11-3-1-10(2-4-11)13-8-34-15-6-12(5-14(26)19(15)20(13)30)36-24-23(33)22(32)21(31)16(37-24)9-35-18(29)7-17(27)28/h1-6,8,16,21-26,31-33H,7,9H2,(H,27,28)/t16?,21-,22?,23+,24-/m1/s1. The minimum absolute atomic E-state index is 0.00369. The highest BCUT2D eigenvalue weighted by molar-refractivity contribution is 5.90. The van der Waals surface area contributed by atoms with E-state index in [0.717, 1.165) is 12.3 Å². The predicted molar refractivity (Wildman–Crippen MR) is 122 cm³/mol. The number of esters is 1. The normalized spacial score (nSPS) is 23.5. The van der Waals surface area contributed by atoms with Crippen LogP contribution in [0, 0.1) is 0 Å². The number of aliphatic carboxylic acids is 1. The smallest absolute Gasteiger partial charge is 0.317 e. The van der Waals surface area contributed by atoms with Gasteiger partial charge in [-0.15, -0.1) is 0 Å². The lowest BCUT2D eigenvalue weighted by Crippen LogP contribution is -2.60. The Balaban J connectivity index is 1.56. The van der Waals surface area contributed by atoms with E-state index in [4.69, 9.17) is 23.7 Å². The second kappa shape index (κ2) is 10.4. The molecule has 0 saturated carbocycles. The van der Waals surface area contributed by atoms with Crippen molar-refractivity contribution in [1.82, 2.24) is 0 Å². The van der Waals surface area contributed by atoms with Gasteiger partial charge in [-0.05, 0) is 17.7 Å². The number of aromatic hydroxyl groups is 2. The number of hydrogen-bond donors (Lipinski definition) is 6. The van der Waals surface area contributed by atoms with Gasteiger partial charge in [-0.2, -0.15) is 0 Å². The summed E-state index contributed by atoms with van der Waals surface area (Å²) in [6.45, 7) is -0.644. The van der Waals surface area contributed by atoms with Crippen molar-refractivity contribution in [3.63, 3.8) is 0 Å². The Kier molecular flexibility index (Phi) is 7.31. The number of carboxylic acid groups (broad SMARTS) is 1. The summed E-state index contributed by atoms with van der Waals surface area (Å²) in [6, 6.07) is 8.05. The predicted octanol–water partition coefficient (Wildman–Crippen LogP) is 0.0755. The molecule has 3 aromatic rings. The third kappa shape index (κ3) is 5.49. The monoisotopic (exact) mass is 518 g/mol. The lowest BCUT2D eigenvalue weighted by molar-refractivity contribution is -0.278. The number of aliphatic hydroxyl groups is 3. The first kappa shape index (κ1) is 25.9. The quantitative estimate of drug-likeness (QED) is 0.181. The van der Waals surface area contributed by atoms with Crippen LogP contribution in [-0.4, -0.2) is 79.9 Å². The lowest BCUT2D eigenvalue weighted by atomic mass is 9.99. The Hall–Kier alpha value is -4.17. The molecule has 2 unspecified atom stereocenters. The summed E-state index contributed by atoms with van der Waals surface area (Å²) in [6.07, 6.45) is -8.04. The fraction of sp³-hybridized carbons (Fsp3) is 0.292. The first-order valence-electron chi connectivity index (χ1n) is 10.9. The zero-order valence-corrected chi connectivity index (χ0v) is 18.9. The van der Waals surface area contributed by atoms with Crippen LogP contribution in [0.3, 0.4) is 0 Å². The van der Waals surface area contributed by atoms with Crippen molar-refractivity contribution in [2.24, 2.45) is 0 Å². The summed E-state index contributed by atoms with van der Waals surface area (Å²) >= 11 is 0. The molecule has 0 spiro atoms. The molecule has 0 aliphatic carbocycles. The van der Waals surface area contributed by atoms with Crippen molar-refractivity contribution < 1.29 is 58.9 Å². The van der Waals surface area contributed by atoms with Gasteiger partial charge in [0.05, 0.1) is 5.56 Å². The molecule has 13 nitrogen and oxygen atoms in total. The highest BCUT2D eigenvalue weighted by Gasteiger charge is 2.45. The number of rotatable bonds is 7. The van der Waals surface area contributed by atoms with Crippen molar-refractivity contribution in [3.8, 4) is 28.4 Å². The lowest BCUT2D eigenvalue weighted by Gasteiger charge is -2.39. The minimum atomic E-state index is -1.79. The van der Waals surface area contributed by atoms with Gasteiger partial charge in [-0.3, -0.25) is 14.4 Å². The molecular weight excluding hydrogens is 496 g/mol. The van der Waals surface area contributed by atoms with Gasteiger partial charge in [0.1, 0.15) is 71.9 Å². The topological polar surface area (TPSA) is 213 Å². The number of carboxylic acids is 1. The van der Waals surface area contributed by atoms with E-state index in [1.165, 1.54) is 30.3 Å². The van der Waals surface area contributed by atoms with Crippen LogP contribution in [0.4, 0.5) is 0 Å². The summed E-state index contributed by atoms with van der Waals surface area (Å²) in [5.41, 5.74) is -0.0752. The van der Waals surface area contributed by atoms with E-state index in [0.29, 0.717) is 5.56 Å². The number of ether oxygens (including phenoxy) is 3. The molecule has 2 heterocycles. The summed E-state index contributed by atoms with van der Waals surface area (Å²) in [4.78, 5) is 35.0. The molecule has 2 aromatic carbocycles. The van der Waals surface area contributed by atoms with Crippen LogP contribution in [0.5, 0.6) is 17.2 Å². The van der Waals surface area contributed by atoms with Gasteiger partial charge < -0.3 is 49.3 Å². The molecule has 0 radical (unpaired) electrons. The molecule has 5 atom stereocenters. The van der Waals surface area contributed by atoms with Crippen LogP contribution in [0.2, 0.25) is 0 Å². The molecule has 1 aliphatic rings. The Morgan fingerprint density at radius 1 is 0.973 bits per heavy atom. The fourth-order valence-corrected chi connectivity index (χ4v) is 3.75. The number of benzene rings is 2. The molecular formula is C24H22O13. The molecule has 1 saturated heterocycles. The molecule has 0 bridgehead atoms. The second-order valence-electron chi connectivity index (χ2n) is 8.23. The third-order valence-corrected chi connectivity index (χ3v) is 5.63. The highest BCUT2D eigenvalue weighted by atomic mass is 16.7. The van der Waals surface area contributed by atoms with E-state index in [1.807, 2.05) is 0 Å². The molecule has 6 N–H and O–H groups in total. The number of phenolic OH excluding ortho intramolecular Hbond substituents is 2. The molecule has 37 heavy (non-hydrogen) atoms. The maximum Gasteiger partial charge on any atom is 0.317 e. The SMILES string of the molecule is O=C(O)CC(=O)OCC1O[C@@H](Oc2cc(O)c3c(=O)c(-c4ccc(O)cc4)coc3c2)[C@@H](O)C(O)[C@@H]1O. The summed E-state index contributed by atoms with van der Waals surface area (Å²) < 4.78 is 21.2. The van der Waals surface area contributed by atoms with E-state index < -0.39 is 66.9 Å². The minimum Gasteiger partial charge on any atom is -0.508 e. The number of phenols is 2. The third-order valence-electron chi connectivity index (χ3n) is 5.63. The molecule has 1 aromatic heterocycles. The molecule has 0 amide bonds. The van der Waals surface area contributed by atoms with Crippen LogP contribution >= 0.6 is 0 Å². The average Bonchev–Trinajstić information content (AvgIpc) is 2.84. The summed E-state index contributed by atoms with van der Waals surface area (Å²) in [7, 11) is 0. The number of aliphatic hydroxyl groups excluding tert-OH is 3. The van der Waals surface area contributed by atoms with Gasteiger partial charge >= 0.3 is 11.9 Å². The molecule has 4 rings (SSSR count). The average molecular weight is 518 g/mol. The van der Waals surface area contributed by atoms with Crippen molar-refractivity contribution in [3.05, 3.63) is 52.9 Å². The van der Waals surface area contributed by atoms with Gasteiger partial charge in [-0.1, -0.05) is 12.1 Å². The fourth-order valence-electron chi connectivity index (χ4n) is 3.75. The molecule has 196 valence electrons. The van der Waals surface area contributed by atoms with Crippen molar-refractivity contribution in [1.29, 1.82) is 0 Å². The van der Waals surface area contributed by atoms with Gasteiger partial charge in [0.15, 0.2) is 0 Å². The zero-order chi connectivity index (χ0) is 26.9. The second-order valence-corrected chi connectivity index (χ2v) is 8.23. The number of carbonyl (C=O) groups is 2. The molecule has 1 aliphatic heterocycles. The first-order valence-corrected chi connectivity index (χ1v) is 10.9. The molecule has 13 heteroatoms. The van der Waals surface area contributed by atoms with E-state index in [1.54, 1.807) is 0 Å².